The molecule has 5 aliphatic rings. The molecule has 0 spiro atoms. The second kappa shape index (κ2) is 18.9. The van der Waals surface area contributed by atoms with Gasteiger partial charge in [0.25, 0.3) is 11.8 Å². The first-order valence-electron chi connectivity index (χ1n) is 21.3. The summed E-state index contributed by atoms with van der Waals surface area (Å²) < 4.78 is 38.8. The number of anilines is 1. The van der Waals surface area contributed by atoms with Crippen molar-refractivity contribution in [2.75, 3.05) is 64.6 Å². The van der Waals surface area contributed by atoms with E-state index in [-0.39, 0.29) is 17.9 Å². The number of carbonyl (C=O) groups is 2. The molecule has 2 amide bonds. The fraction of sp³-hybridized carbons (Fsp3) is 0.556. The van der Waals surface area contributed by atoms with Crippen LogP contribution in [0, 0.1) is 17.8 Å². The van der Waals surface area contributed by atoms with Crippen LogP contribution >= 0.6 is 11.6 Å². The number of halogens is 1. The van der Waals surface area contributed by atoms with Crippen LogP contribution in [0.15, 0.2) is 65.2 Å². The molecule has 12 nitrogen and oxygen atoms in total. The van der Waals surface area contributed by atoms with Crippen LogP contribution in [0.25, 0.3) is 0 Å². The zero-order valence-electron chi connectivity index (χ0n) is 34.5. The Morgan fingerprint density at radius 1 is 1.05 bits per heavy atom. The second-order valence-electron chi connectivity index (χ2n) is 17.0. The van der Waals surface area contributed by atoms with Crippen LogP contribution in [0.5, 0.6) is 5.75 Å². The van der Waals surface area contributed by atoms with Gasteiger partial charge in [-0.1, -0.05) is 36.7 Å². The standard InChI is InChI=1S/C45H58ClN6O6S/c1-30-7-6-9-41(56-3)39-14-11-34(39)26-52-25-33-10-13-36(46)21-31(33)8-4-5-19-58-42-15-12-32(23-40(42)52)44(54)48-59(55)45(30)47-43(53)35-22-37(49(2)24-35)27-50-16-17-51-18-20-57-29-38(51)28-50/h6,9-10,12-13,15,21-24,30,34,38-39,41,45H,4-5,7-8,11,14,16-20,25-29H2,1-3H3,(H,47,53)/q-1/b9-6+/t30-,34-,38-,39+,41-,45?/m0/s1. The zero-order valence-corrected chi connectivity index (χ0v) is 36.1. The maximum absolute atomic E-state index is 14.2. The Morgan fingerprint density at radius 2 is 1.93 bits per heavy atom. The van der Waals surface area contributed by atoms with Gasteiger partial charge in [-0.15, -0.1) is 0 Å². The fourth-order valence-corrected chi connectivity index (χ4v) is 10.7. The highest BCUT2D eigenvalue weighted by molar-refractivity contribution is 7.75. The van der Waals surface area contributed by atoms with Crippen LogP contribution in [0.4, 0.5) is 5.69 Å². The number of hydrogen-bond acceptors (Lipinski definition) is 10. The van der Waals surface area contributed by atoms with Crippen molar-refractivity contribution in [2.24, 2.45) is 29.2 Å². The summed E-state index contributed by atoms with van der Waals surface area (Å²) in [5, 5.41) is 2.84. The molecule has 14 heteroatoms. The van der Waals surface area contributed by atoms with Crippen LogP contribution in [0.1, 0.15) is 76.6 Å². The van der Waals surface area contributed by atoms with Crippen molar-refractivity contribution in [2.45, 2.75) is 76.1 Å². The van der Waals surface area contributed by atoms with Crippen LogP contribution in [-0.2, 0) is 50.8 Å². The van der Waals surface area contributed by atoms with Gasteiger partial charge in [-0.2, -0.15) is 10.6 Å². The Labute approximate surface area is 355 Å². The molecule has 8 rings (SSSR count). The van der Waals surface area contributed by atoms with Gasteiger partial charge in [0.1, 0.15) is 5.75 Å². The molecule has 1 unspecified atom stereocenters. The highest BCUT2D eigenvalue weighted by Crippen LogP contribution is 2.42. The number of amides is 2. The predicted octanol–water partition coefficient (Wildman–Crippen LogP) is 6.60. The summed E-state index contributed by atoms with van der Waals surface area (Å²) in [4.78, 5) is 35.2. The third-order valence-corrected chi connectivity index (χ3v) is 14.7. The summed E-state index contributed by atoms with van der Waals surface area (Å²) in [6.45, 7) is 9.92. The molecule has 5 heterocycles. The lowest BCUT2D eigenvalue weighted by molar-refractivity contribution is -0.0464. The van der Waals surface area contributed by atoms with E-state index in [2.05, 4.69) is 48.7 Å². The predicted molar refractivity (Wildman–Crippen MR) is 230 cm³/mol. The smallest absolute Gasteiger partial charge is 0.254 e. The molecule has 0 radical (unpaired) electrons. The van der Waals surface area contributed by atoms with Crippen molar-refractivity contribution >= 4 is 39.7 Å². The van der Waals surface area contributed by atoms with E-state index in [1.807, 2.05) is 49.0 Å². The first-order valence-corrected chi connectivity index (χ1v) is 22.8. The molecular formula is C45H58ClN6O6S-. The third-order valence-electron chi connectivity index (χ3n) is 13.1. The number of methoxy groups -OCH3 is 1. The number of nitrogens with zero attached hydrogens (tertiary/aromatic N) is 5. The number of ether oxygens (including phenoxy) is 3. The molecular weight excluding hydrogens is 788 g/mol. The summed E-state index contributed by atoms with van der Waals surface area (Å²) in [6, 6.07) is 13.8. The molecule has 59 heavy (non-hydrogen) atoms. The topological polar surface area (TPSA) is 118 Å². The number of piperazine rings is 1. The van der Waals surface area contributed by atoms with Gasteiger partial charge >= 0.3 is 0 Å². The van der Waals surface area contributed by atoms with E-state index in [0.29, 0.717) is 60.9 Å². The van der Waals surface area contributed by atoms with Gasteiger partial charge < -0.3 is 37.6 Å². The lowest BCUT2D eigenvalue weighted by atomic mass is 9.70. The van der Waals surface area contributed by atoms with Crippen LogP contribution in [0.2, 0.25) is 5.02 Å². The van der Waals surface area contributed by atoms with Crippen LogP contribution < -0.4 is 15.0 Å². The summed E-state index contributed by atoms with van der Waals surface area (Å²) in [7, 11) is 1.62. The van der Waals surface area contributed by atoms with Gasteiger partial charge in [-0.05, 0) is 109 Å². The van der Waals surface area contributed by atoms with E-state index in [4.69, 9.17) is 25.8 Å². The number of rotatable bonds is 5. The Balaban J connectivity index is 1.09. The van der Waals surface area contributed by atoms with Gasteiger partial charge in [0.15, 0.2) is 0 Å². The summed E-state index contributed by atoms with van der Waals surface area (Å²) in [6.07, 6.45) is 11.2. The first-order chi connectivity index (χ1) is 28.6. The normalized spacial score (nSPS) is 28.1. The number of aromatic nitrogens is 1. The second-order valence-corrected chi connectivity index (χ2v) is 18.7. The van der Waals surface area contributed by atoms with Crippen LogP contribution in [-0.4, -0.2) is 103 Å². The molecule has 1 aromatic heterocycles. The van der Waals surface area contributed by atoms with Gasteiger partial charge in [-0.25, -0.2) is 0 Å². The molecule has 1 saturated carbocycles. The highest BCUT2D eigenvalue weighted by Gasteiger charge is 2.38. The molecule has 2 bridgehead atoms. The molecule has 3 aromatic rings. The van der Waals surface area contributed by atoms with Crippen molar-refractivity contribution in [3.8, 4) is 5.75 Å². The average molecular weight is 847 g/mol. The van der Waals surface area contributed by atoms with Crippen molar-refractivity contribution in [3.05, 3.63) is 93.8 Å². The third kappa shape index (κ3) is 9.76. The van der Waals surface area contributed by atoms with Gasteiger partial charge in [0.05, 0.1) is 37.2 Å². The molecule has 6 atom stereocenters. The summed E-state index contributed by atoms with van der Waals surface area (Å²) in [5.74, 6) is 0.0723. The molecule has 1 N–H and O–H groups in total. The number of benzene rings is 2. The van der Waals surface area contributed by atoms with E-state index < -0.39 is 21.9 Å². The Bertz CT molecular complexity index is 2120. The van der Waals surface area contributed by atoms with Crippen molar-refractivity contribution in [1.82, 2.24) is 19.7 Å². The van der Waals surface area contributed by atoms with E-state index >= 15 is 0 Å². The minimum Gasteiger partial charge on any atom is -0.491 e. The Hall–Kier alpha value is -3.72. The maximum Gasteiger partial charge on any atom is 0.254 e. The Morgan fingerprint density at radius 3 is 2.76 bits per heavy atom. The van der Waals surface area contributed by atoms with Gasteiger partial charge in [0, 0.05) is 88.5 Å². The average Bonchev–Trinajstić information content (AvgIpc) is 3.58. The number of morpholine rings is 1. The first kappa shape index (κ1) is 42.0. The number of fused-ring (bicyclic) bond motifs is 4. The monoisotopic (exact) mass is 845 g/mol. The lowest BCUT2D eigenvalue weighted by Crippen LogP contribution is -2.57. The van der Waals surface area contributed by atoms with Gasteiger partial charge in [-0.3, -0.25) is 19.4 Å². The lowest BCUT2D eigenvalue weighted by Gasteiger charge is -2.43. The molecule has 3 fully saturated rings. The number of allylic oxidation sites excluding steroid dienone is 1. The maximum atomic E-state index is 14.2. The number of aryl methyl sites for hydroxylation is 2. The van der Waals surface area contributed by atoms with Crippen molar-refractivity contribution in [3.63, 3.8) is 0 Å². The molecule has 2 aromatic carbocycles. The van der Waals surface area contributed by atoms with Crippen LogP contribution in [0.3, 0.4) is 0 Å². The highest BCUT2D eigenvalue weighted by atomic mass is 35.5. The van der Waals surface area contributed by atoms with Crippen molar-refractivity contribution < 1.29 is 28.0 Å². The SMILES string of the molecule is CO[C@H]1/C=C/C[C@H](C)C(NC(=O)c2cc(CN3CCN4CCOC[C@@H]4C3)n(C)c2)[S-](=O)=NC(=O)c2ccc3c(c2)N(Cc2ccc(Cl)cc2CCCCO3)C[C@@H]2CC[C@H]21. The quantitative estimate of drug-likeness (QED) is 0.224. The number of hydrogen-bond donors (Lipinski definition) is 1. The largest absolute Gasteiger partial charge is 0.491 e. The number of carbonyl (C=O) groups excluding carboxylic acids is 2. The minimum absolute atomic E-state index is 0.105. The zero-order chi connectivity index (χ0) is 41.0. The molecule has 1 aliphatic carbocycles. The summed E-state index contributed by atoms with van der Waals surface area (Å²) in [5.41, 5.74) is 5.01. The summed E-state index contributed by atoms with van der Waals surface area (Å²) >= 11 is 6.50. The number of nitrogens with one attached hydrogen (secondary N) is 1. The van der Waals surface area contributed by atoms with Gasteiger partial charge in [0.2, 0.25) is 0 Å². The molecule has 2 saturated heterocycles. The van der Waals surface area contributed by atoms with E-state index in [1.165, 1.54) is 11.1 Å². The van der Waals surface area contributed by atoms with E-state index in [9.17, 15) is 13.8 Å². The van der Waals surface area contributed by atoms with E-state index in [0.717, 1.165) is 94.4 Å². The minimum atomic E-state index is -2.09. The molecule has 318 valence electrons. The fourth-order valence-electron chi connectivity index (χ4n) is 9.41. The van der Waals surface area contributed by atoms with E-state index in [1.54, 1.807) is 13.2 Å². The molecule has 4 aliphatic heterocycles. The van der Waals surface area contributed by atoms with Crippen molar-refractivity contribution in [1.29, 1.82) is 0 Å². The Kier molecular flexibility index (Phi) is 13.5.